The highest BCUT2D eigenvalue weighted by Crippen LogP contribution is 2.38. The maximum atomic E-state index is 13.3. The van der Waals surface area contributed by atoms with E-state index in [-0.39, 0.29) is 12.3 Å². The fraction of sp³-hybridized carbons (Fsp3) is 0.930. The zero-order valence-electron chi connectivity index (χ0n) is 47.5. The third-order valence-corrected chi connectivity index (χ3v) is 15.6. The Bertz CT molecular complexity index is 1620. The molecule has 79 heavy (non-hydrogen) atoms. The van der Waals surface area contributed by atoms with E-state index in [1.54, 1.807) is 6.08 Å². The third-order valence-electron chi connectivity index (χ3n) is 15.6. The van der Waals surface area contributed by atoms with Gasteiger partial charge >= 0.3 is 5.97 Å². The van der Waals surface area contributed by atoms with Crippen LogP contribution in [0, 0.1) is 0 Å². The monoisotopic (exact) mass is 1140 g/mol. The Labute approximate surface area is 469 Å². The first kappa shape index (κ1) is 71.2. The second kappa shape index (κ2) is 40.3. The Balaban J connectivity index is 1.63. The summed E-state index contributed by atoms with van der Waals surface area (Å²) < 4.78 is 34.5. The molecule has 18 atom stereocenters. The van der Waals surface area contributed by atoms with Crippen molar-refractivity contribution in [3.8, 4) is 0 Å². The van der Waals surface area contributed by atoms with E-state index in [1.165, 1.54) is 116 Å². The first-order chi connectivity index (χ1) is 38.0. The molecule has 4 unspecified atom stereocenters. The Morgan fingerprint density at radius 1 is 0.646 bits per heavy atom. The SMILES string of the molecule is CCCCCCCCCCCCC/C=C/C(O)C(CO[C@@H]1O[C@H](CO)[C@@H](O[C@@H]2O[C@H](CO)[C@H](O)[C@H](O[C@]3(C(=O)O)C[C@@H](O)[C@H](N)[C@@H](C(O)C(O)CO)O3)[C@H]2O)[C@H](O)[C@H]1O)NC(=O)CCCCCCCCCCCCCCCCC. The normalized spacial score (nSPS) is 31.0. The molecule has 0 aromatic rings. The van der Waals surface area contributed by atoms with Crippen LogP contribution in [0.25, 0.3) is 0 Å². The van der Waals surface area contributed by atoms with E-state index in [2.05, 4.69) is 19.2 Å². The van der Waals surface area contributed by atoms with Crippen LogP contribution < -0.4 is 11.1 Å². The van der Waals surface area contributed by atoms with Crippen LogP contribution in [0.5, 0.6) is 0 Å². The highest BCUT2D eigenvalue weighted by atomic mass is 16.8. The summed E-state index contributed by atoms with van der Waals surface area (Å²) >= 11 is 0. The smallest absolute Gasteiger partial charge is 0.364 e. The first-order valence-corrected chi connectivity index (χ1v) is 30.2. The number of carboxylic acid groups (broad SMARTS) is 1. The van der Waals surface area contributed by atoms with Crippen molar-refractivity contribution in [3.05, 3.63) is 12.2 Å². The van der Waals surface area contributed by atoms with Crippen LogP contribution in [0.2, 0.25) is 0 Å². The molecule has 0 saturated carbocycles. The van der Waals surface area contributed by atoms with Crippen molar-refractivity contribution < 1.29 is 99.3 Å². The van der Waals surface area contributed by atoms with Crippen molar-refractivity contribution in [2.24, 2.45) is 5.73 Å². The van der Waals surface area contributed by atoms with Crippen LogP contribution in [0.4, 0.5) is 0 Å². The average Bonchev–Trinajstić information content (AvgIpc) is 3.51. The molecule has 22 nitrogen and oxygen atoms in total. The molecule has 3 heterocycles. The second-order valence-electron chi connectivity index (χ2n) is 22.3. The fourth-order valence-electron chi connectivity index (χ4n) is 10.6. The highest BCUT2D eigenvalue weighted by molar-refractivity contribution is 5.76. The summed E-state index contributed by atoms with van der Waals surface area (Å²) in [6.07, 6.45) is 6.59. The second-order valence-corrected chi connectivity index (χ2v) is 22.3. The number of amides is 1. The van der Waals surface area contributed by atoms with Gasteiger partial charge in [0.2, 0.25) is 5.91 Å². The molecular formula is C57H106N2O20. The fourth-order valence-corrected chi connectivity index (χ4v) is 10.6. The summed E-state index contributed by atoms with van der Waals surface area (Å²) in [5, 5.41) is 132. The minimum absolute atomic E-state index is 0.213. The highest BCUT2D eigenvalue weighted by Gasteiger charge is 2.59. The number of aliphatic hydroxyl groups is 11. The number of hydrogen-bond donors (Lipinski definition) is 14. The maximum absolute atomic E-state index is 13.3. The quantitative estimate of drug-likeness (QED) is 0.0308. The van der Waals surface area contributed by atoms with Crippen molar-refractivity contribution in [2.75, 3.05) is 26.4 Å². The Kier molecular flexibility index (Phi) is 36.3. The summed E-state index contributed by atoms with van der Waals surface area (Å²) in [7, 11) is 0. The molecular weight excluding hydrogens is 1030 g/mol. The van der Waals surface area contributed by atoms with Crippen LogP contribution in [-0.2, 0) is 38.0 Å². The lowest BCUT2D eigenvalue weighted by atomic mass is 9.88. The average molecular weight is 1140 g/mol. The zero-order chi connectivity index (χ0) is 58.2. The van der Waals surface area contributed by atoms with Gasteiger partial charge in [-0.3, -0.25) is 4.79 Å². The van der Waals surface area contributed by atoms with E-state index in [1.807, 2.05) is 6.08 Å². The number of carboxylic acids is 1. The van der Waals surface area contributed by atoms with Gasteiger partial charge in [0, 0.05) is 12.8 Å². The van der Waals surface area contributed by atoms with Gasteiger partial charge in [-0.2, -0.15) is 0 Å². The van der Waals surface area contributed by atoms with Gasteiger partial charge in [0.15, 0.2) is 12.6 Å². The minimum atomic E-state index is -2.99. The lowest BCUT2D eigenvalue weighted by Crippen LogP contribution is -2.70. The van der Waals surface area contributed by atoms with Gasteiger partial charge in [0.1, 0.15) is 67.1 Å². The van der Waals surface area contributed by atoms with Gasteiger partial charge in [-0.15, -0.1) is 0 Å². The number of hydrogen-bond acceptors (Lipinski definition) is 20. The van der Waals surface area contributed by atoms with Crippen LogP contribution in [0.1, 0.15) is 200 Å². The molecule has 3 fully saturated rings. The van der Waals surface area contributed by atoms with E-state index in [9.17, 15) is 70.9 Å². The Morgan fingerprint density at radius 3 is 1.63 bits per heavy atom. The predicted octanol–water partition coefficient (Wildman–Crippen LogP) is 2.99. The Morgan fingerprint density at radius 2 is 1.14 bits per heavy atom. The molecule has 0 radical (unpaired) electrons. The molecule has 0 aromatic carbocycles. The molecule has 1 amide bonds. The predicted molar refractivity (Wildman–Crippen MR) is 292 cm³/mol. The molecule has 15 N–H and O–H groups in total. The van der Waals surface area contributed by atoms with Crippen LogP contribution in [-0.4, -0.2) is 209 Å². The van der Waals surface area contributed by atoms with E-state index in [0.717, 1.165) is 44.9 Å². The van der Waals surface area contributed by atoms with Crippen molar-refractivity contribution in [3.63, 3.8) is 0 Å². The summed E-state index contributed by atoms with van der Waals surface area (Å²) in [4.78, 5) is 26.1. The maximum Gasteiger partial charge on any atom is 0.364 e. The molecule has 3 saturated heterocycles. The van der Waals surface area contributed by atoms with Gasteiger partial charge < -0.3 is 101 Å². The molecule has 3 rings (SSSR count). The molecule has 0 aliphatic carbocycles. The number of carbonyl (C=O) groups is 2. The Hall–Kier alpha value is -2.04. The molecule has 464 valence electrons. The number of nitrogens with one attached hydrogen (secondary N) is 1. The summed E-state index contributed by atoms with van der Waals surface area (Å²) in [6, 6.07) is -2.54. The number of unbranched alkanes of at least 4 members (excludes halogenated alkanes) is 25. The van der Waals surface area contributed by atoms with Crippen LogP contribution in [0.15, 0.2) is 12.2 Å². The number of nitrogens with two attached hydrogens (primary N) is 1. The van der Waals surface area contributed by atoms with Crippen LogP contribution >= 0.6 is 0 Å². The molecule has 3 aliphatic heterocycles. The van der Waals surface area contributed by atoms with Gasteiger partial charge in [0.05, 0.1) is 50.7 Å². The van der Waals surface area contributed by atoms with Gasteiger partial charge in [-0.05, 0) is 19.3 Å². The van der Waals surface area contributed by atoms with Crippen LogP contribution in [0.3, 0.4) is 0 Å². The standard InChI is InChI=1S/C57H106N2O20/c1-3-5-7-9-11-13-15-17-18-20-22-24-26-28-30-32-44(66)59-38(39(63)31-29-27-25-23-21-19-16-14-12-10-8-6-4-2)37-74-54-49(70)48(69)51(43(36-62)76-54)77-55-50(71)53(47(68)42(35-61)75-55)79-57(56(72)73)33-40(64)45(58)52(78-57)46(67)41(65)34-60/h29,31,38-43,45-55,60-65,67-71H,3-28,30,32-37,58H2,1-2H3,(H,59,66)(H,72,73)/b31-29+/t38?,39?,40-,41?,42-,43-,45+,46?,47+,48-,49-,50-,51-,52+,53+,54-,55+,57+/m1/s1. The third kappa shape index (κ3) is 24.6. The minimum Gasteiger partial charge on any atom is -0.477 e. The largest absolute Gasteiger partial charge is 0.477 e. The lowest BCUT2D eigenvalue weighted by Gasteiger charge is -2.50. The number of allylic oxidation sites excluding steroid dienone is 1. The summed E-state index contributed by atoms with van der Waals surface area (Å²) in [6.45, 7) is 1.17. The van der Waals surface area contributed by atoms with E-state index < -0.39 is 149 Å². The number of rotatable bonds is 44. The molecule has 22 heteroatoms. The number of aliphatic hydroxyl groups excluding tert-OH is 11. The van der Waals surface area contributed by atoms with Crippen molar-refractivity contribution >= 4 is 11.9 Å². The van der Waals surface area contributed by atoms with Crippen molar-refractivity contribution in [1.29, 1.82) is 0 Å². The van der Waals surface area contributed by atoms with Gasteiger partial charge in [-0.25, -0.2) is 4.79 Å². The number of ether oxygens (including phenoxy) is 6. The summed E-state index contributed by atoms with van der Waals surface area (Å²) in [5.74, 6) is -5.24. The molecule has 0 aromatic heterocycles. The number of carbonyl (C=O) groups excluding carboxylic acids is 1. The topological polar surface area (TPSA) is 370 Å². The van der Waals surface area contributed by atoms with Crippen molar-refractivity contribution in [1.82, 2.24) is 5.32 Å². The lowest BCUT2D eigenvalue weighted by molar-refractivity contribution is -0.386. The first-order valence-electron chi connectivity index (χ1n) is 30.2. The van der Waals surface area contributed by atoms with E-state index in [0.29, 0.717) is 12.8 Å². The zero-order valence-corrected chi connectivity index (χ0v) is 47.5. The number of aliphatic carboxylic acids is 1. The van der Waals surface area contributed by atoms with Crippen molar-refractivity contribution in [2.45, 2.75) is 310 Å². The van der Waals surface area contributed by atoms with Gasteiger partial charge in [0.25, 0.3) is 5.79 Å². The molecule has 0 spiro atoms. The van der Waals surface area contributed by atoms with Gasteiger partial charge in [-0.1, -0.05) is 180 Å². The van der Waals surface area contributed by atoms with E-state index in [4.69, 9.17) is 34.2 Å². The van der Waals surface area contributed by atoms with E-state index >= 15 is 0 Å². The molecule has 3 aliphatic rings. The summed E-state index contributed by atoms with van der Waals surface area (Å²) in [5.41, 5.74) is 5.97. The molecule has 0 bridgehead atoms.